The van der Waals surface area contributed by atoms with Crippen LogP contribution in [0.2, 0.25) is 0 Å². The molecule has 4 aromatic rings. The molecule has 186 valence electrons. The summed E-state index contributed by atoms with van der Waals surface area (Å²) in [6.45, 7) is 1.97. The highest BCUT2D eigenvalue weighted by Gasteiger charge is 2.64. The molecule has 0 saturated heterocycles. The molecule has 2 aliphatic heterocycles. The van der Waals surface area contributed by atoms with E-state index in [2.05, 4.69) is 0 Å². The van der Waals surface area contributed by atoms with E-state index < -0.39 is 28.6 Å². The van der Waals surface area contributed by atoms with E-state index in [0.717, 1.165) is 5.56 Å². The number of benzene rings is 3. The lowest BCUT2D eigenvalue weighted by molar-refractivity contribution is -0.126. The second-order valence-corrected chi connectivity index (χ2v) is 9.29. The number of rotatable bonds is 5. The third kappa shape index (κ3) is 3.12. The van der Waals surface area contributed by atoms with Gasteiger partial charge in [-0.3, -0.25) is 14.4 Å². The minimum atomic E-state index is -1.76. The lowest BCUT2D eigenvalue weighted by Crippen LogP contribution is -2.54. The molecule has 0 saturated carbocycles. The molecule has 0 aliphatic carbocycles. The van der Waals surface area contributed by atoms with Crippen molar-refractivity contribution in [2.45, 2.75) is 19.0 Å². The van der Waals surface area contributed by atoms with Crippen molar-refractivity contribution in [2.24, 2.45) is 0 Å². The molecule has 2 aliphatic rings. The smallest absolute Gasteiger partial charge is 0.291 e. The van der Waals surface area contributed by atoms with Gasteiger partial charge < -0.3 is 19.0 Å². The van der Waals surface area contributed by atoms with Crippen molar-refractivity contribution in [1.82, 2.24) is 4.90 Å². The summed E-state index contributed by atoms with van der Waals surface area (Å²) >= 11 is 0. The molecule has 1 atom stereocenters. The Kier molecular flexibility index (Phi) is 5.24. The molecule has 2 amide bonds. The van der Waals surface area contributed by atoms with Crippen LogP contribution in [0.25, 0.3) is 11.0 Å². The highest BCUT2D eigenvalue weighted by molar-refractivity contribution is 6.17. The van der Waals surface area contributed by atoms with Gasteiger partial charge >= 0.3 is 0 Å². The van der Waals surface area contributed by atoms with Gasteiger partial charge in [0, 0.05) is 24.8 Å². The van der Waals surface area contributed by atoms with Crippen LogP contribution in [0.4, 0.5) is 10.1 Å². The molecular weight excluding hydrogens is 475 g/mol. The summed E-state index contributed by atoms with van der Waals surface area (Å²) in [5, 5.41) is 0.289. The number of fused-ring (bicyclic) bond motifs is 5. The van der Waals surface area contributed by atoms with Crippen molar-refractivity contribution >= 4 is 28.5 Å². The highest BCUT2D eigenvalue weighted by atomic mass is 19.1. The Labute approximate surface area is 211 Å². The SMILES string of the molecule is COCCN1C(=O)c2oc3ccc(C)cc3c(=O)c2[C@@]12C(=O)N(Cc1ccccc1F)c1ccccc12. The van der Waals surface area contributed by atoms with Gasteiger partial charge in [0.05, 0.1) is 29.8 Å². The number of para-hydroxylation sites is 1. The van der Waals surface area contributed by atoms with Gasteiger partial charge in [-0.25, -0.2) is 4.39 Å². The first-order valence-corrected chi connectivity index (χ1v) is 11.9. The summed E-state index contributed by atoms with van der Waals surface area (Å²) in [5.74, 6) is -1.69. The van der Waals surface area contributed by atoms with E-state index in [0.29, 0.717) is 16.8 Å². The first kappa shape index (κ1) is 23.1. The molecule has 3 heterocycles. The third-order valence-corrected chi connectivity index (χ3v) is 7.20. The van der Waals surface area contributed by atoms with Crippen LogP contribution < -0.4 is 10.3 Å². The average molecular weight is 499 g/mol. The van der Waals surface area contributed by atoms with Crippen molar-refractivity contribution < 1.29 is 23.1 Å². The molecule has 1 spiro atoms. The Morgan fingerprint density at radius 3 is 2.54 bits per heavy atom. The van der Waals surface area contributed by atoms with Gasteiger partial charge in [0.1, 0.15) is 11.4 Å². The fraction of sp³-hybridized carbons (Fsp3) is 0.207. The summed E-state index contributed by atoms with van der Waals surface area (Å²) in [6.07, 6.45) is 0. The van der Waals surface area contributed by atoms with Gasteiger partial charge in [0.25, 0.3) is 11.8 Å². The minimum absolute atomic E-state index is 0.0137. The minimum Gasteiger partial charge on any atom is -0.450 e. The molecule has 0 unspecified atom stereocenters. The second-order valence-electron chi connectivity index (χ2n) is 9.29. The van der Waals surface area contributed by atoms with Crippen LogP contribution in [0.5, 0.6) is 0 Å². The van der Waals surface area contributed by atoms with Crippen LogP contribution in [-0.2, 0) is 21.6 Å². The first-order chi connectivity index (χ1) is 17.9. The van der Waals surface area contributed by atoms with E-state index in [9.17, 15) is 18.8 Å². The van der Waals surface area contributed by atoms with E-state index in [1.807, 2.05) is 6.92 Å². The van der Waals surface area contributed by atoms with Crippen LogP contribution in [-0.4, -0.2) is 37.0 Å². The topological polar surface area (TPSA) is 80.1 Å². The first-order valence-electron chi connectivity index (χ1n) is 11.9. The van der Waals surface area contributed by atoms with Crippen LogP contribution >= 0.6 is 0 Å². The zero-order chi connectivity index (χ0) is 25.9. The number of ether oxygens (including phenoxy) is 1. The van der Waals surface area contributed by atoms with Crippen molar-refractivity contribution in [2.75, 3.05) is 25.2 Å². The van der Waals surface area contributed by atoms with Gasteiger partial charge in [-0.05, 0) is 31.2 Å². The zero-order valence-corrected chi connectivity index (χ0v) is 20.3. The summed E-state index contributed by atoms with van der Waals surface area (Å²) in [6, 6.07) is 18.4. The lowest BCUT2D eigenvalue weighted by atomic mass is 9.84. The van der Waals surface area contributed by atoms with Gasteiger partial charge in [-0.15, -0.1) is 0 Å². The Morgan fingerprint density at radius 1 is 1.00 bits per heavy atom. The number of hydrogen-bond donors (Lipinski definition) is 0. The van der Waals surface area contributed by atoms with E-state index in [1.54, 1.807) is 60.7 Å². The van der Waals surface area contributed by atoms with E-state index in [4.69, 9.17) is 9.15 Å². The highest BCUT2D eigenvalue weighted by Crippen LogP contribution is 2.52. The van der Waals surface area contributed by atoms with Gasteiger partial charge in [-0.2, -0.15) is 0 Å². The van der Waals surface area contributed by atoms with E-state index in [1.165, 1.54) is 23.0 Å². The molecule has 8 heteroatoms. The summed E-state index contributed by atoms with van der Waals surface area (Å²) in [5.41, 5.74) is 0.190. The number of carbonyl (C=O) groups excluding carboxylic acids is 2. The summed E-state index contributed by atoms with van der Waals surface area (Å²) < 4.78 is 25.9. The molecule has 0 N–H and O–H groups in total. The number of carbonyl (C=O) groups is 2. The average Bonchev–Trinajstić information content (AvgIpc) is 3.29. The van der Waals surface area contributed by atoms with Crippen molar-refractivity contribution in [3.63, 3.8) is 0 Å². The molecule has 0 bridgehead atoms. The van der Waals surface area contributed by atoms with Crippen molar-refractivity contribution in [3.05, 3.63) is 111 Å². The fourth-order valence-electron chi connectivity index (χ4n) is 5.54. The standard InChI is InChI=1S/C29H23FN2O5/c1-17-11-12-23-19(15-17)25(33)24-26(37-23)27(34)32(13-14-36-2)29(24)20-8-4-6-10-22(20)31(28(29)35)16-18-7-3-5-9-21(18)30/h3-12,15H,13-14,16H2,1-2H3/t29-/m0/s1. The molecule has 0 radical (unpaired) electrons. The number of methoxy groups -OCH3 is 1. The predicted molar refractivity (Wildman–Crippen MR) is 135 cm³/mol. The maximum atomic E-state index is 14.7. The van der Waals surface area contributed by atoms with Crippen LogP contribution in [0.1, 0.15) is 32.8 Å². The Hall–Kier alpha value is -4.30. The van der Waals surface area contributed by atoms with Crippen LogP contribution in [0.3, 0.4) is 0 Å². The molecule has 3 aromatic carbocycles. The summed E-state index contributed by atoms with van der Waals surface area (Å²) in [7, 11) is 1.50. The fourth-order valence-corrected chi connectivity index (χ4v) is 5.54. The predicted octanol–water partition coefficient (Wildman–Crippen LogP) is 4.13. The number of nitrogens with zero attached hydrogens (tertiary/aromatic N) is 2. The molecule has 7 nitrogen and oxygen atoms in total. The lowest BCUT2D eigenvalue weighted by Gasteiger charge is -2.34. The third-order valence-electron chi connectivity index (χ3n) is 7.20. The Morgan fingerprint density at radius 2 is 1.76 bits per heavy atom. The van der Waals surface area contributed by atoms with E-state index in [-0.39, 0.29) is 42.0 Å². The molecule has 37 heavy (non-hydrogen) atoms. The van der Waals surface area contributed by atoms with Crippen molar-refractivity contribution in [1.29, 1.82) is 0 Å². The summed E-state index contributed by atoms with van der Waals surface area (Å²) in [4.78, 5) is 45.2. The maximum Gasteiger partial charge on any atom is 0.291 e. The van der Waals surface area contributed by atoms with Gasteiger partial charge in [0.2, 0.25) is 5.76 Å². The Bertz CT molecular complexity index is 1660. The van der Waals surface area contributed by atoms with Crippen LogP contribution in [0, 0.1) is 12.7 Å². The monoisotopic (exact) mass is 498 g/mol. The Balaban J connectivity index is 1.66. The zero-order valence-electron chi connectivity index (χ0n) is 20.3. The van der Waals surface area contributed by atoms with Gasteiger partial charge in [-0.1, -0.05) is 48.0 Å². The quantitative estimate of drug-likeness (QED) is 0.413. The number of amides is 2. The maximum absolute atomic E-state index is 14.7. The largest absolute Gasteiger partial charge is 0.450 e. The van der Waals surface area contributed by atoms with E-state index >= 15 is 0 Å². The van der Waals surface area contributed by atoms with Gasteiger partial charge in [0.15, 0.2) is 11.0 Å². The number of hydrogen-bond acceptors (Lipinski definition) is 5. The van der Waals surface area contributed by atoms with Crippen molar-refractivity contribution in [3.8, 4) is 0 Å². The molecule has 0 fully saturated rings. The number of anilines is 1. The van der Waals surface area contributed by atoms with Crippen LogP contribution in [0.15, 0.2) is 75.9 Å². The number of aryl methyl sites for hydroxylation is 1. The molecule has 1 aromatic heterocycles. The normalized spacial score (nSPS) is 18.2. The molecule has 6 rings (SSSR count). The second kappa shape index (κ2) is 8.38. The molecular formula is C29H23FN2O5. The number of halogens is 1.